The molecule has 0 spiro atoms. The van der Waals surface area contributed by atoms with E-state index in [1.807, 2.05) is 13.8 Å². The zero-order valence-corrected chi connectivity index (χ0v) is 19.9. The SMILES string of the molecule is CC(C)CC(NC(=O)C(N)CC(N)=O)C(=O)NC(C(=O)NC(CCCCN)C(=O)O)C(C)C. The van der Waals surface area contributed by atoms with Crippen LogP contribution in [0, 0.1) is 11.8 Å². The second-order valence-electron chi connectivity index (χ2n) is 8.88. The molecule has 12 heteroatoms. The predicted molar refractivity (Wildman–Crippen MR) is 122 cm³/mol. The predicted octanol–water partition coefficient (Wildman–Crippen LogP) is -1.44. The summed E-state index contributed by atoms with van der Waals surface area (Å²) in [6, 6.07) is -4.36. The first-order chi connectivity index (χ1) is 15.3. The summed E-state index contributed by atoms with van der Waals surface area (Å²) in [6.45, 7) is 7.51. The van der Waals surface area contributed by atoms with Gasteiger partial charge in [0, 0.05) is 0 Å². The zero-order chi connectivity index (χ0) is 25.7. The molecule has 0 saturated heterocycles. The van der Waals surface area contributed by atoms with E-state index in [4.69, 9.17) is 17.2 Å². The molecule has 4 unspecified atom stereocenters. The van der Waals surface area contributed by atoms with Crippen LogP contribution in [0.5, 0.6) is 0 Å². The monoisotopic (exact) mass is 472 g/mol. The van der Waals surface area contributed by atoms with E-state index in [2.05, 4.69) is 16.0 Å². The van der Waals surface area contributed by atoms with E-state index in [0.29, 0.717) is 19.4 Å². The summed E-state index contributed by atoms with van der Waals surface area (Å²) in [6.07, 6.45) is 1.24. The van der Waals surface area contributed by atoms with Crippen LogP contribution >= 0.6 is 0 Å². The summed E-state index contributed by atoms with van der Waals surface area (Å²) in [5, 5.41) is 17.0. The van der Waals surface area contributed by atoms with Gasteiger partial charge in [0.15, 0.2) is 0 Å². The van der Waals surface area contributed by atoms with Gasteiger partial charge in [0.1, 0.15) is 18.1 Å². The van der Waals surface area contributed by atoms with Gasteiger partial charge < -0.3 is 38.3 Å². The molecular formula is C21H40N6O6. The maximum atomic E-state index is 12.9. The number of rotatable bonds is 16. The Kier molecular flexibility index (Phi) is 13.9. The van der Waals surface area contributed by atoms with Crippen LogP contribution in [-0.2, 0) is 24.0 Å². The van der Waals surface area contributed by atoms with E-state index in [0.717, 1.165) is 0 Å². The summed E-state index contributed by atoms with van der Waals surface area (Å²) in [7, 11) is 0. The smallest absolute Gasteiger partial charge is 0.326 e. The highest BCUT2D eigenvalue weighted by molar-refractivity contribution is 5.95. The molecule has 33 heavy (non-hydrogen) atoms. The molecular weight excluding hydrogens is 432 g/mol. The molecule has 0 fully saturated rings. The number of aliphatic carboxylic acids is 1. The minimum atomic E-state index is -1.21. The Morgan fingerprint density at radius 3 is 1.88 bits per heavy atom. The quantitative estimate of drug-likeness (QED) is 0.131. The van der Waals surface area contributed by atoms with Gasteiger partial charge >= 0.3 is 5.97 Å². The van der Waals surface area contributed by atoms with Crippen molar-refractivity contribution < 1.29 is 29.1 Å². The lowest BCUT2D eigenvalue weighted by Crippen LogP contribution is -2.58. The topological polar surface area (TPSA) is 220 Å². The van der Waals surface area contributed by atoms with Gasteiger partial charge in [-0.05, 0) is 44.1 Å². The first kappa shape index (κ1) is 30.3. The normalized spacial score (nSPS) is 14.8. The molecule has 0 saturated carbocycles. The van der Waals surface area contributed by atoms with E-state index in [9.17, 15) is 29.1 Å². The maximum absolute atomic E-state index is 12.9. The third-order valence-corrected chi connectivity index (χ3v) is 4.91. The highest BCUT2D eigenvalue weighted by Crippen LogP contribution is 2.10. The van der Waals surface area contributed by atoms with Crippen LogP contribution in [0.15, 0.2) is 0 Å². The second kappa shape index (κ2) is 15.2. The van der Waals surface area contributed by atoms with Crippen molar-refractivity contribution in [3.8, 4) is 0 Å². The van der Waals surface area contributed by atoms with Crippen LogP contribution in [0.2, 0.25) is 0 Å². The fourth-order valence-corrected chi connectivity index (χ4v) is 3.09. The summed E-state index contributed by atoms with van der Waals surface area (Å²) in [4.78, 5) is 60.6. The molecule has 0 aromatic carbocycles. The van der Waals surface area contributed by atoms with Crippen molar-refractivity contribution in [2.45, 2.75) is 84.0 Å². The molecule has 0 heterocycles. The maximum Gasteiger partial charge on any atom is 0.326 e. The van der Waals surface area contributed by atoms with Crippen molar-refractivity contribution in [2.75, 3.05) is 6.54 Å². The fourth-order valence-electron chi connectivity index (χ4n) is 3.09. The van der Waals surface area contributed by atoms with Gasteiger partial charge in [0.25, 0.3) is 0 Å². The number of hydrogen-bond acceptors (Lipinski definition) is 7. The van der Waals surface area contributed by atoms with Gasteiger partial charge in [-0.15, -0.1) is 0 Å². The Bertz CT molecular complexity index is 684. The van der Waals surface area contributed by atoms with Crippen LogP contribution in [0.25, 0.3) is 0 Å². The number of amides is 4. The average molecular weight is 473 g/mol. The van der Waals surface area contributed by atoms with Gasteiger partial charge in [-0.1, -0.05) is 27.7 Å². The minimum absolute atomic E-state index is 0.0127. The molecule has 12 nitrogen and oxygen atoms in total. The third kappa shape index (κ3) is 12.2. The summed E-state index contributed by atoms with van der Waals surface area (Å²) >= 11 is 0. The lowest BCUT2D eigenvalue weighted by molar-refractivity contribution is -0.142. The molecule has 0 aliphatic rings. The van der Waals surface area contributed by atoms with E-state index < -0.39 is 53.8 Å². The van der Waals surface area contributed by atoms with Crippen LogP contribution in [-0.4, -0.2) is 65.4 Å². The number of carboxylic acid groups (broad SMARTS) is 1. The Morgan fingerprint density at radius 1 is 0.848 bits per heavy atom. The first-order valence-corrected chi connectivity index (χ1v) is 11.2. The van der Waals surface area contributed by atoms with E-state index in [1.165, 1.54) is 0 Å². The molecule has 0 radical (unpaired) electrons. The number of carbonyl (C=O) groups excluding carboxylic acids is 4. The largest absolute Gasteiger partial charge is 0.480 e. The van der Waals surface area contributed by atoms with Crippen LogP contribution in [0.3, 0.4) is 0 Å². The molecule has 0 aliphatic carbocycles. The standard InChI is InChI=1S/C21H40N6O6/c1-11(2)9-15(26-18(29)13(23)10-16(24)28)19(30)27-17(12(3)4)20(31)25-14(21(32)33)7-5-6-8-22/h11-15,17H,5-10,22-23H2,1-4H3,(H2,24,28)(H,25,31)(H,26,29)(H,27,30)(H,32,33). The molecule has 0 bridgehead atoms. The second-order valence-corrected chi connectivity index (χ2v) is 8.88. The number of unbranched alkanes of at least 4 members (excludes halogenated alkanes) is 1. The fraction of sp³-hybridized carbons (Fsp3) is 0.762. The van der Waals surface area contributed by atoms with Gasteiger partial charge in [0.05, 0.1) is 12.5 Å². The molecule has 4 atom stereocenters. The zero-order valence-electron chi connectivity index (χ0n) is 19.9. The Hall–Kier alpha value is -2.73. The molecule has 0 aromatic heterocycles. The Morgan fingerprint density at radius 2 is 1.42 bits per heavy atom. The number of carboxylic acids is 1. The number of primary amides is 1. The van der Waals surface area contributed by atoms with Crippen molar-refractivity contribution >= 4 is 29.6 Å². The van der Waals surface area contributed by atoms with Crippen molar-refractivity contribution in [2.24, 2.45) is 29.0 Å². The molecule has 4 amide bonds. The van der Waals surface area contributed by atoms with Crippen molar-refractivity contribution in [3.63, 3.8) is 0 Å². The highest BCUT2D eigenvalue weighted by Gasteiger charge is 2.32. The molecule has 10 N–H and O–H groups in total. The molecule has 0 aliphatic heterocycles. The van der Waals surface area contributed by atoms with Crippen LogP contribution in [0.1, 0.15) is 59.8 Å². The van der Waals surface area contributed by atoms with E-state index >= 15 is 0 Å². The summed E-state index contributed by atoms with van der Waals surface area (Å²) in [5.74, 6) is -4.25. The molecule has 0 rings (SSSR count). The van der Waals surface area contributed by atoms with Gasteiger partial charge in [0.2, 0.25) is 23.6 Å². The van der Waals surface area contributed by atoms with Gasteiger partial charge in [-0.25, -0.2) is 4.79 Å². The summed E-state index contributed by atoms with van der Waals surface area (Å²) < 4.78 is 0. The van der Waals surface area contributed by atoms with Crippen LogP contribution in [0.4, 0.5) is 0 Å². The Labute approximate surface area is 194 Å². The number of hydrogen-bond donors (Lipinski definition) is 7. The van der Waals surface area contributed by atoms with Crippen LogP contribution < -0.4 is 33.2 Å². The third-order valence-electron chi connectivity index (χ3n) is 4.91. The molecule has 190 valence electrons. The van der Waals surface area contributed by atoms with E-state index in [-0.39, 0.29) is 31.1 Å². The lowest BCUT2D eigenvalue weighted by atomic mass is 9.99. The minimum Gasteiger partial charge on any atom is -0.480 e. The van der Waals surface area contributed by atoms with E-state index in [1.54, 1.807) is 13.8 Å². The number of carbonyl (C=O) groups is 5. The Balaban J connectivity index is 5.37. The van der Waals surface area contributed by atoms with Gasteiger partial charge in [-0.3, -0.25) is 19.2 Å². The average Bonchev–Trinajstić information content (AvgIpc) is 2.69. The highest BCUT2D eigenvalue weighted by atomic mass is 16.4. The number of nitrogens with two attached hydrogens (primary N) is 3. The summed E-state index contributed by atoms with van der Waals surface area (Å²) in [5.41, 5.74) is 16.2. The van der Waals surface area contributed by atoms with Gasteiger partial charge in [-0.2, -0.15) is 0 Å². The van der Waals surface area contributed by atoms with Crippen molar-refractivity contribution in [1.82, 2.24) is 16.0 Å². The van der Waals surface area contributed by atoms with Crippen molar-refractivity contribution in [1.29, 1.82) is 0 Å². The first-order valence-electron chi connectivity index (χ1n) is 11.2. The van der Waals surface area contributed by atoms with Crippen molar-refractivity contribution in [3.05, 3.63) is 0 Å². The number of nitrogens with one attached hydrogen (secondary N) is 3. The molecule has 0 aromatic rings. The lowest BCUT2D eigenvalue weighted by Gasteiger charge is -2.27.